The molecule has 0 aliphatic heterocycles. The molecule has 0 saturated carbocycles. The summed E-state index contributed by atoms with van der Waals surface area (Å²) in [5.41, 5.74) is 3.66. The van der Waals surface area contributed by atoms with Crippen molar-refractivity contribution in [2.45, 2.75) is 0 Å². The van der Waals surface area contributed by atoms with Crippen LogP contribution in [0.5, 0.6) is 5.75 Å². The second-order valence-electron chi connectivity index (χ2n) is 4.50. The molecule has 0 radical (unpaired) electrons. The molecule has 1 amide bonds. The molecule has 0 aliphatic rings. The zero-order valence-corrected chi connectivity index (χ0v) is 11.1. The third-order valence-electron chi connectivity index (χ3n) is 3.11. The number of phenols is 1. The van der Waals surface area contributed by atoms with Crippen LogP contribution in [0.2, 0.25) is 0 Å². The van der Waals surface area contributed by atoms with Gasteiger partial charge in [-0.05, 0) is 24.3 Å². The Morgan fingerprint density at radius 2 is 2.05 bits per heavy atom. The van der Waals surface area contributed by atoms with E-state index in [1.54, 1.807) is 12.1 Å². The Kier molecular flexibility index (Phi) is 3.18. The number of imidazole rings is 1. The highest BCUT2D eigenvalue weighted by Gasteiger charge is 2.16. The summed E-state index contributed by atoms with van der Waals surface area (Å²) in [6, 6.07) is 10.6. The van der Waals surface area contributed by atoms with E-state index in [-0.39, 0.29) is 5.56 Å². The molecule has 0 atom stereocenters. The fraction of sp³-hybridized carbons (Fsp3) is 0. The first kappa shape index (κ1) is 13.6. The maximum Gasteiger partial charge on any atom is 0.310 e. The summed E-state index contributed by atoms with van der Waals surface area (Å²) in [5.74, 6) is -1.08. The number of aromatic hydroxyl groups is 1. The minimum Gasteiger partial charge on any atom is -0.502 e. The minimum atomic E-state index is -0.722. The second kappa shape index (κ2) is 5.17. The predicted octanol–water partition coefficient (Wildman–Crippen LogP) is 2.03. The standard InChI is InChI=1S/C14H10N4O4/c19-13-7-9(5-6-12(13)18(21)22)14(20)16-17-8-15-10-3-1-2-4-11(10)17/h1-8,19H,(H,16,20). The van der Waals surface area contributed by atoms with Gasteiger partial charge >= 0.3 is 5.69 Å². The molecule has 110 valence electrons. The van der Waals surface area contributed by atoms with E-state index in [1.165, 1.54) is 17.1 Å². The molecule has 8 nitrogen and oxygen atoms in total. The monoisotopic (exact) mass is 298 g/mol. The Morgan fingerprint density at radius 3 is 2.77 bits per heavy atom. The summed E-state index contributed by atoms with van der Waals surface area (Å²) in [4.78, 5) is 26.2. The molecule has 0 unspecified atom stereocenters. The molecule has 1 heterocycles. The summed E-state index contributed by atoms with van der Waals surface area (Å²) in [5, 5.41) is 20.2. The fourth-order valence-corrected chi connectivity index (χ4v) is 2.04. The maximum absolute atomic E-state index is 12.1. The number of benzene rings is 2. The minimum absolute atomic E-state index is 0.0980. The largest absolute Gasteiger partial charge is 0.502 e. The van der Waals surface area contributed by atoms with Gasteiger partial charge in [0.15, 0.2) is 5.75 Å². The van der Waals surface area contributed by atoms with Gasteiger partial charge in [-0.2, -0.15) is 0 Å². The number of phenolic OH excluding ortho intramolecular Hbond substituents is 1. The van der Waals surface area contributed by atoms with Crippen molar-refractivity contribution in [3.63, 3.8) is 0 Å². The van der Waals surface area contributed by atoms with E-state index in [9.17, 15) is 20.0 Å². The molecule has 0 saturated heterocycles. The summed E-state index contributed by atoms with van der Waals surface area (Å²) >= 11 is 0. The number of para-hydroxylation sites is 2. The summed E-state index contributed by atoms with van der Waals surface area (Å²) in [7, 11) is 0. The van der Waals surface area contributed by atoms with E-state index in [2.05, 4.69) is 10.4 Å². The molecular weight excluding hydrogens is 288 g/mol. The van der Waals surface area contributed by atoms with Gasteiger partial charge < -0.3 is 5.11 Å². The average Bonchev–Trinajstić information content (AvgIpc) is 2.90. The van der Waals surface area contributed by atoms with Crippen molar-refractivity contribution < 1.29 is 14.8 Å². The SMILES string of the molecule is O=C(Nn1cnc2ccccc21)c1ccc([N+](=O)[O-])c(O)c1. The molecule has 0 aliphatic carbocycles. The lowest BCUT2D eigenvalue weighted by Crippen LogP contribution is -2.22. The quantitative estimate of drug-likeness (QED) is 0.568. The number of nitrogens with zero attached hydrogens (tertiary/aromatic N) is 3. The lowest BCUT2D eigenvalue weighted by Gasteiger charge is -2.07. The van der Waals surface area contributed by atoms with Crippen LogP contribution in [-0.2, 0) is 0 Å². The predicted molar refractivity (Wildman–Crippen MR) is 78.2 cm³/mol. The third-order valence-corrected chi connectivity index (χ3v) is 3.11. The molecule has 1 aromatic heterocycles. The summed E-state index contributed by atoms with van der Waals surface area (Å²) < 4.78 is 1.44. The zero-order valence-electron chi connectivity index (χ0n) is 11.1. The van der Waals surface area contributed by atoms with Gasteiger partial charge in [-0.15, -0.1) is 0 Å². The van der Waals surface area contributed by atoms with Gasteiger partial charge in [0.05, 0.1) is 16.0 Å². The third kappa shape index (κ3) is 2.33. The van der Waals surface area contributed by atoms with Crippen molar-refractivity contribution in [1.29, 1.82) is 0 Å². The van der Waals surface area contributed by atoms with Crippen molar-refractivity contribution >= 4 is 22.6 Å². The van der Waals surface area contributed by atoms with Crippen molar-refractivity contribution in [3.05, 3.63) is 64.5 Å². The highest BCUT2D eigenvalue weighted by molar-refractivity contribution is 6.01. The van der Waals surface area contributed by atoms with E-state index in [1.807, 2.05) is 12.1 Å². The molecule has 3 aromatic rings. The van der Waals surface area contributed by atoms with Gasteiger partial charge in [-0.1, -0.05) is 12.1 Å². The first-order valence-corrected chi connectivity index (χ1v) is 6.27. The van der Waals surface area contributed by atoms with Crippen molar-refractivity contribution in [2.75, 3.05) is 5.43 Å². The van der Waals surface area contributed by atoms with Crippen molar-refractivity contribution in [2.24, 2.45) is 0 Å². The topological polar surface area (TPSA) is 110 Å². The van der Waals surface area contributed by atoms with Crippen LogP contribution >= 0.6 is 0 Å². The van der Waals surface area contributed by atoms with Gasteiger partial charge in [0.1, 0.15) is 6.33 Å². The average molecular weight is 298 g/mol. The molecule has 2 N–H and O–H groups in total. The van der Waals surface area contributed by atoms with E-state index >= 15 is 0 Å². The van der Waals surface area contributed by atoms with Crippen LogP contribution in [0.3, 0.4) is 0 Å². The summed E-state index contributed by atoms with van der Waals surface area (Å²) in [6.07, 6.45) is 1.45. The maximum atomic E-state index is 12.1. The smallest absolute Gasteiger partial charge is 0.310 e. The highest BCUT2D eigenvalue weighted by Crippen LogP contribution is 2.26. The molecule has 0 fully saturated rings. The molecule has 0 spiro atoms. The van der Waals surface area contributed by atoms with E-state index < -0.39 is 22.3 Å². The number of carbonyl (C=O) groups excluding carboxylic acids is 1. The number of carbonyl (C=O) groups is 1. The Morgan fingerprint density at radius 1 is 1.27 bits per heavy atom. The van der Waals surface area contributed by atoms with Crippen molar-refractivity contribution in [3.8, 4) is 5.75 Å². The normalized spacial score (nSPS) is 10.5. The van der Waals surface area contributed by atoms with E-state index in [4.69, 9.17) is 0 Å². The molecular formula is C14H10N4O4. The van der Waals surface area contributed by atoms with E-state index in [0.717, 1.165) is 12.1 Å². The number of rotatable bonds is 3. The first-order valence-electron chi connectivity index (χ1n) is 6.27. The van der Waals surface area contributed by atoms with Gasteiger partial charge in [-0.3, -0.25) is 20.3 Å². The van der Waals surface area contributed by atoms with E-state index in [0.29, 0.717) is 11.0 Å². The number of nitro groups is 1. The first-order chi connectivity index (χ1) is 10.6. The molecule has 8 heteroatoms. The zero-order chi connectivity index (χ0) is 15.7. The highest BCUT2D eigenvalue weighted by atomic mass is 16.6. The summed E-state index contributed by atoms with van der Waals surface area (Å²) in [6.45, 7) is 0. The Hall–Kier alpha value is -3.42. The van der Waals surface area contributed by atoms with Crippen LogP contribution in [0.25, 0.3) is 11.0 Å². The van der Waals surface area contributed by atoms with Crippen LogP contribution in [0.15, 0.2) is 48.8 Å². The molecule has 2 aromatic carbocycles. The number of hydrogen-bond acceptors (Lipinski definition) is 5. The fourth-order valence-electron chi connectivity index (χ4n) is 2.04. The van der Waals surface area contributed by atoms with Crippen LogP contribution < -0.4 is 5.43 Å². The number of aromatic nitrogens is 2. The van der Waals surface area contributed by atoms with Crippen LogP contribution in [-0.4, -0.2) is 25.6 Å². The van der Waals surface area contributed by atoms with Gasteiger partial charge in [-0.25, -0.2) is 9.66 Å². The lowest BCUT2D eigenvalue weighted by molar-refractivity contribution is -0.385. The molecule has 22 heavy (non-hydrogen) atoms. The number of fused-ring (bicyclic) bond motifs is 1. The Bertz CT molecular complexity index is 887. The van der Waals surface area contributed by atoms with Crippen LogP contribution in [0.4, 0.5) is 5.69 Å². The number of nitro benzene ring substituents is 1. The second-order valence-corrected chi connectivity index (χ2v) is 4.50. The van der Waals surface area contributed by atoms with Crippen LogP contribution in [0.1, 0.15) is 10.4 Å². The molecule has 0 bridgehead atoms. The lowest BCUT2D eigenvalue weighted by atomic mass is 10.2. The van der Waals surface area contributed by atoms with Crippen LogP contribution in [0, 0.1) is 10.1 Å². The Balaban J connectivity index is 1.88. The van der Waals surface area contributed by atoms with Gasteiger partial charge in [0.2, 0.25) is 0 Å². The molecule has 3 rings (SSSR count). The Labute approximate surface area is 123 Å². The van der Waals surface area contributed by atoms with Gasteiger partial charge in [0.25, 0.3) is 5.91 Å². The number of amides is 1. The number of nitrogens with one attached hydrogen (secondary N) is 1. The van der Waals surface area contributed by atoms with Crippen molar-refractivity contribution in [1.82, 2.24) is 9.66 Å². The number of hydrogen-bond donors (Lipinski definition) is 2. The van der Waals surface area contributed by atoms with Gasteiger partial charge in [0, 0.05) is 11.6 Å².